The lowest BCUT2D eigenvalue weighted by Gasteiger charge is -2.05. The lowest BCUT2D eigenvalue weighted by Crippen LogP contribution is -2.32. The lowest BCUT2D eigenvalue weighted by molar-refractivity contribution is 0.0949. The second-order valence-electron chi connectivity index (χ2n) is 4.02. The van der Waals surface area contributed by atoms with Gasteiger partial charge in [-0.2, -0.15) is 0 Å². The van der Waals surface area contributed by atoms with Crippen molar-refractivity contribution >= 4 is 5.91 Å². The molecule has 0 radical (unpaired) electrons. The lowest BCUT2D eigenvalue weighted by atomic mass is 10.2. The van der Waals surface area contributed by atoms with Crippen molar-refractivity contribution in [2.24, 2.45) is 0 Å². The third kappa shape index (κ3) is 3.70. The van der Waals surface area contributed by atoms with Crippen LogP contribution in [-0.2, 0) is 0 Å². The molecule has 3 N–H and O–H groups in total. The van der Waals surface area contributed by atoms with Crippen molar-refractivity contribution in [3.63, 3.8) is 0 Å². The summed E-state index contributed by atoms with van der Waals surface area (Å²) < 4.78 is 0. The SMILES string of the molecule is CCCNCCNC(=O)c1[nH]c(C)cc1C. The van der Waals surface area contributed by atoms with Crippen LogP contribution in [-0.4, -0.2) is 30.5 Å². The van der Waals surface area contributed by atoms with E-state index in [2.05, 4.69) is 22.5 Å². The molecule has 0 aliphatic heterocycles. The number of hydrogen-bond donors (Lipinski definition) is 3. The van der Waals surface area contributed by atoms with Gasteiger partial charge in [-0.3, -0.25) is 4.79 Å². The summed E-state index contributed by atoms with van der Waals surface area (Å²) >= 11 is 0. The van der Waals surface area contributed by atoms with Crippen molar-refractivity contribution < 1.29 is 4.79 Å². The molecule has 4 heteroatoms. The molecule has 0 fully saturated rings. The summed E-state index contributed by atoms with van der Waals surface area (Å²) in [5.41, 5.74) is 2.69. The first-order valence-corrected chi connectivity index (χ1v) is 5.80. The molecule has 0 aliphatic carbocycles. The maximum atomic E-state index is 11.7. The van der Waals surface area contributed by atoms with Gasteiger partial charge in [0.2, 0.25) is 0 Å². The Hall–Kier alpha value is -1.29. The number of carbonyl (C=O) groups is 1. The van der Waals surface area contributed by atoms with Crippen molar-refractivity contribution in [1.82, 2.24) is 15.6 Å². The molecule has 1 heterocycles. The highest BCUT2D eigenvalue weighted by molar-refractivity contribution is 5.93. The van der Waals surface area contributed by atoms with Gasteiger partial charge >= 0.3 is 0 Å². The van der Waals surface area contributed by atoms with Crippen LogP contribution in [0.15, 0.2) is 6.07 Å². The molecule has 0 spiro atoms. The Morgan fingerprint density at radius 3 is 2.62 bits per heavy atom. The van der Waals surface area contributed by atoms with E-state index in [1.165, 1.54) is 0 Å². The monoisotopic (exact) mass is 223 g/mol. The summed E-state index contributed by atoms with van der Waals surface area (Å²) in [6.07, 6.45) is 1.11. The molecule has 0 saturated carbocycles. The molecule has 0 bridgehead atoms. The first-order chi connectivity index (χ1) is 7.65. The minimum absolute atomic E-state index is 0.0242. The molecular formula is C12H21N3O. The number of rotatable bonds is 6. The molecule has 0 aromatic carbocycles. The minimum Gasteiger partial charge on any atom is -0.354 e. The summed E-state index contributed by atoms with van der Waals surface area (Å²) in [6, 6.07) is 1.98. The molecular weight excluding hydrogens is 202 g/mol. The third-order valence-corrected chi connectivity index (χ3v) is 2.39. The van der Waals surface area contributed by atoms with Gasteiger partial charge in [0, 0.05) is 18.8 Å². The van der Waals surface area contributed by atoms with Crippen molar-refractivity contribution in [2.45, 2.75) is 27.2 Å². The van der Waals surface area contributed by atoms with Gasteiger partial charge in [0.15, 0.2) is 0 Å². The molecule has 0 saturated heterocycles. The van der Waals surface area contributed by atoms with E-state index < -0.39 is 0 Å². The van der Waals surface area contributed by atoms with E-state index in [0.29, 0.717) is 12.2 Å². The number of nitrogens with one attached hydrogen (secondary N) is 3. The topological polar surface area (TPSA) is 56.9 Å². The number of amides is 1. The molecule has 16 heavy (non-hydrogen) atoms. The molecule has 90 valence electrons. The van der Waals surface area contributed by atoms with Crippen molar-refractivity contribution in [3.05, 3.63) is 23.0 Å². The molecule has 1 rings (SSSR count). The van der Waals surface area contributed by atoms with E-state index in [4.69, 9.17) is 0 Å². The van der Waals surface area contributed by atoms with Crippen molar-refractivity contribution in [3.8, 4) is 0 Å². The molecule has 1 amide bonds. The van der Waals surface area contributed by atoms with E-state index in [-0.39, 0.29) is 5.91 Å². The van der Waals surface area contributed by atoms with Crippen LogP contribution in [0.2, 0.25) is 0 Å². The van der Waals surface area contributed by atoms with E-state index in [1.807, 2.05) is 19.9 Å². The average molecular weight is 223 g/mol. The number of hydrogen-bond acceptors (Lipinski definition) is 2. The van der Waals surface area contributed by atoms with Crippen LogP contribution >= 0.6 is 0 Å². The second-order valence-corrected chi connectivity index (χ2v) is 4.02. The quantitative estimate of drug-likeness (QED) is 0.638. The largest absolute Gasteiger partial charge is 0.354 e. The maximum Gasteiger partial charge on any atom is 0.268 e. The Balaban J connectivity index is 2.33. The van der Waals surface area contributed by atoms with Crippen LogP contribution in [0.25, 0.3) is 0 Å². The van der Waals surface area contributed by atoms with Crippen molar-refractivity contribution in [2.75, 3.05) is 19.6 Å². The first-order valence-electron chi connectivity index (χ1n) is 5.80. The fourth-order valence-corrected chi connectivity index (χ4v) is 1.62. The number of aryl methyl sites for hydroxylation is 2. The zero-order chi connectivity index (χ0) is 12.0. The number of H-pyrrole nitrogens is 1. The summed E-state index contributed by atoms with van der Waals surface area (Å²) in [5, 5.41) is 6.12. The Bertz CT molecular complexity index is 344. The molecule has 0 unspecified atom stereocenters. The highest BCUT2D eigenvalue weighted by Gasteiger charge is 2.10. The average Bonchev–Trinajstić information content (AvgIpc) is 2.57. The van der Waals surface area contributed by atoms with E-state index >= 15 is 0 Å². The Kier molecular flexibility index (Phi) is 5.05. The van der Waals surface area contributed by atoms with E-state index in [9.17, 15) is 4.79 Å². The normalized spacial score (nSPS) is 10.4. The van der Waals surface area contributed by atoms with Gasteiger partial charge in [-0.05, 0) is 38.4 Å². The summed E-state index contributed by atoms with van der Waals surface area (Å²) in [4.78, 5) is 14.8. The Morgan fingerprint density at radius 1 is 1.31 bits per heavy atom. The van der Waals surface area contributed by atoms with Crippen LogP contribution in [0.1, 0.15) is 35.1 Å². The summed E-state index contributed by atoms with van der Waals surface area (Å²) in [6.45, 7) is 8.49. The summed E-state index contributed by atoms with van der Waals surface area (Å²) in [7, 11) is 0. The number of aromatic nitrogens is 1. The van der Waals surface area contributed by atoms with Gasteiger partial charge in [0.1, 0.15) is 5.69 Å². The standard InChI is InChI=1S/C12H21N3O/c1-4-5-13-6-7-14-12(16)11-9(2)8-10(3)15-11/h8,13,15H,4-7H2,1-3H3,(H,14,16). The molecule has 1 aromatic heterocycles. The van der Waals surface area contributed by atoms with Gasteiger partial charge in [0.25, 0.3) is 5.91 Å². The van der Waals surface area contributed by atoms with Gasteiger partial charge in [-0.25, -0.2) is 0 Å². The van der Waals surface area contributed by atoms with E-state index in [0.717, 1.165) is 30.8 Å². The minimum atomic E-state index is -0.0242. The predicted molar refractivity (Wildman–Crippen MR) is 65.8 cm³/mol. The van der Waals surface area contributed by atoms with E-state index in [1.54, 1.807) is 0 Å². The summed E-state index contributed by atoms with van der Waals surface area (Å²) in [5.74, 6) is -0.0242. The molecule has 0 aliphatic rings. The molecule has 1 aromatic rings. The zero-order valence-corrected chi connectivity index (χ0v) is 10.3. The maximum absolute atomic E-state index is 11.7. The number of aromatic amines is 1. The van der Waals surface area contributed by atoms with Gasteiger partial charge in [-0.15, -0.1) is 0 Å². The smallest absolute Gasteiger partial charge is 0.268 e. The number of carbonyl (C=O) groups excluding carboxylic acids is 1. The third-order valence-electron chi connectivity index (χ3n) is 2.39. The second kappa shape index (κ2) is 6.33. The molecule has 0 atom stereocenters. The molecule has 4 nitrogen and oxygen atoms in total. The first kappa shape index (κ1) is 12.8. The van der Waals surface area contributed by atoms with Gasteiger partial charge in [-0.1, -0.05) is 6.92 Å². The zero-order valence-electron chi connectivity index (χ0n) is 10.3. The van der Waals surface area contributed by atoms with Crippen LogP contribution < -0.4 is 10.6 Å². The fourth-order valence-electron chi connectivity index (χ4n) is 1.62. The highest BCUT2D eigenvalue weighted by Crippen LogP contribution is 2.08. The highest BCUT2D eigenvalue weighted by atomic mass is 16.1. The van der Waals surface area contributed by atoms with Crippen LogP contribution in [0.5, 0.6) is 0 Å². The Morgan fingerprint density at radius 2 is 2.06 bits per heavy atom. The van der Waals surface area contributed by atoms with Gasteiger partial charge < -0.3 is 15.6 Å². The van der Waals surface area contributed by atoms with Gasteiger partial charge in [0.05, 0.1) is 0 Å². The van der Waals surface area contributed by atoms with Crippen LogP contribution in [0.3, 0.4) is 0 Å². The predicted octanol–water partition coefficient (Wildman–Crippen LogP) is 1.36. The van der Waals surface area contributed by atoms with Crippen LogP contribution in [0.4, 0.5) is 0 Å². The van der Waals surface area contributed by atoms with Crippen molar-refractivity contribution in [1.29, 1.82) is 0 Å². The van der Waals surface area contributed by atoms with Crippen LogP contribution in [0, 0.1) is 13.8 Å². The fraction of sp³-hybridized carbons (Fsp3) is 0.583. The Labute approximate surface area is 96.8 Å².